The molecule has 0 fully saturated rings. The Kier molecular flexibility index (Phi) is 33.2. The summed E-state index contributed by atoms with van der Waals surface area (Å²) in [6, 6.07) is 0. The molecule has 4 unspecified atom stereocenters. The van der Waals surface area contributed by atoms with Crippen molar-refractivity contribution in [1.29, 1.82) is 0 Å². The molecule has 314 valence electrons. The molecule has 0 aliphatic heterocycles. The number of hydrogen-bond acceptors (Lipinski definition) is 16. The van der Waals surface area contributed by atoms with Crippen LogP contribution in [0.2, 0.25) is 0 Å². The van der Waals surface area contributed by atoms with Crippen LogP contribution < -0.4 is 0 Å². The first kappa shape index (κ1) is 50.7. The fraction of sp³-hybridized carbons (Fsp3) is 0.816. The van der Waals surface area contributed by atoms with Crippen LogP contribution in [-0.2, 0) is 76.1 Å². The van der Waals surface area contributed by atoms with E-state index in [0.29, 0.717) is 32.1 Å². The molecule has 0 aliphatic carbocycles. The zero-order chi connectivity index (χ0) is 40.2. The van der Waals surface area contributed by atoms with Crippen molar-refractivity contribution in [3.8, 4) is 0 Å². The lowest BCUT2D eigenvalue weighted by atomic mass is 10.0. The average Bonchev–Trinajstić information content (AvgIpc) is 3.13. The summed E-state index contributed by atoms with van der Waals surface area (Å²) < 4.78 is 62.7. The van der Waals surface area contributed by atoms with E-state index >= 15 is 0 Å². The predicted molar refractivity (Wildman–Crippen MR) is 195 cm³/mol. The number of esters is 5. The fourth-order valence-corrected chi connectivity index (χ4v) is 4.64. The highest BCUT2D eigenvalue weighted by molar-refractivity contribution is 5.70. The van der Waals surface area contributed by atoms with Crippen molar-refractivity contribution in [2.24, 2.45) is 0 Å². The highest BCUT2D eigenvalue weighted by atomic mass is 16.6. The Labute approximate surface area is 321 Å². The normalized spacial score (nSPS) is 13.2. The van der Waals surface area contributed by atoms with Crippen molar-refractivity contribution in [3.63, 3.8) is 0 Å². The second-order valence-electron chi connectivity index (χ2n) is 11.9. The van der Waals surface area contributed by atoms with E-state index in [-0.39, 0.29) is 141 Å². The van der Waals surface area contributed by atoms with E-state index in [2.05, 4.69) is 6.58 Å². The van der Waals surface area contributed by atoms with E-state index in [9.17, 15) is 24.0 Å². The minimum atomic E-state index is -1.01. The lowest BCUT2D eigenvalue weighted by Gasteiger charge is -2.36. The molecule has 0 spiro atoms. The molecule has 16 nitrogen and oxygen atoms in total. The van der Waals surface area contributed by atoms with Crippen LogP contribution in [0.5, 0.6) is 0 Å². The molecule has 0 saturated carbocycles. The number of rotatable bonds is 37. The molecular formula is C38H66O16. The van der Waals surface area contributed by atoms with Crippen LogP contribution in [0.25, 0.3) is 0 Å². The van der Waals surface area contributed by atoms with Crippen LogP contribution in [0.3, 0.4) is 0 Å². The monoisotopic (exact) mass is 778 g/mol. The number of ether oxygens (including phenoxy) is 11. The Bertz CT molecular complexity index is 1010. The molecule has 0 aromatic rings. The summed E-state index contributed by atoms with van der Waals surface area (Å²) in [5.74, 6) is -1.81. The zero-order valence-corrected chi connectivity index (χ0v) is 33.2. The van der Waals surface area contributed by atoms with Crippen molar-refractivity contribution < 1.29 is 76.1 Å². The van der Waals surface area contributed by atoms with Gasteiger partial charge in [0.15, 0.2) is 6.10 Å². The molecule has 0 aliphatic rings. The van der Waals surface area contributed by atoms with Crippen molar-refractivity contribution in [1.82, 2.24) is 0 Å². The van der Waals surface area contributed by atoms with Gasteiger partial charge >= 0.3 is 29.8 Å². The molecule has 0 N–H and O–H groups in total. The summed E-state index contributed by atoms with van der Waals surface area (Å²) >= 11 is 0. The van der Waals surface area contributed by atoms with E-state index in [0.717, 1.165) is 0 Å². The first-order chi connectivity index (χ1) is 26.2. The summed E-state index contributed by atoms with van der Waals surface area (Å²) in [5, 5.41) is 0. The topological polar surface area (TPSA) is 187 Å². The SMILES string of the molecule is C=COC(C(COCCOC(=O)CCC)OCCOC(=O)CCC)C(OCCOC(=O)CCC)C(COCCOC(=O)CCC)OCCOC(=O)CCC. The molecule has 0 rings (SSSR count). The molecule has 0 radical (unpaired) electrons. The maximum Gasteiger partial charge on any atom is 0.305 e. The number of carbonyl (C=O) groups is 5. The van der Waals surface area contributed by atoms with Gasteiger partial charge in [-0.2, -0.15) is 0 Å². The van der Waals surface area contributed by atoms with Gasteiger partial charge in [0.2, 0.25) is 0 Å². The van der Waals surface area contributed by atoms with Gasteiger partial charge in [0.1, 0.15) is 51.3 Å². The molecule has 54 heavy (non-hydrogen) atoms. The first-order valence-corrected chi connectivity index (χ1v) is 19.2. The summed E-state index contributed by atoms with van der Waals surface area (Å²) in [5.41, 5.74) is 0. The lowest BCUT2D eigenvalue weighted by molar-refractivity contribution is -0.193. The van der Waals surface area contributed by atoms with Gasteiger partial charge in [0.25, 0.3) is 0 Å². The Hall–Kier alpha value is -3.31. The highest BCUT2D eigenvalue weighted by Gasteiger charge is 2.39. The largest absolute Gasteiger partial charge is 0.493 e. The van der Waals surface area contributed by atoms with Crippen LogP contribution in [0, 0.1) is 0 Å². The van der Waals surface area contributed by atoms with Gasteiger partial charge in [0.05, 0.1) is 52.5 Å². The molecule has 0 aromatic carbocycles. The lowest BCUT2D eigenvalue weighted by Crippen LogP contribution is -2.52. The smallest absolute Gasteiger partial charge is 0.305 e. The zero-order valence-electron chi connectivity index (χ0n) is 33.2. The summed E-state index contributed by atoms with van der Waals surface area (Å²) in [4.78, 5) is 59.8. The van der Waals surface area contributed by atoms with E-state index < -0.39 is 24.4 Å². The van der Waals surface area contributed by atoms with Crippen LogP contribution in [0.4, 0.5) is 0 Å². The molecule has 0 aromatic heterocycles. The van der Waals surface area contributed by atoms with Crippen LogP contribution in [0.15, 0.2) is 12.8 Å². The summed E-state index contributed by atoms with van der Waals surface area (Å²) in [6.07, 6.45) is 1.84. The second-order valence-corrected chi connectivity index (χ2v) is 11.9. The van der Waals surface area contributed by atoms with Crippen LogP contribution in [0.1, 0.15) is 98.8 Å². The quantitative estimate of drug-likeness (QED) is 0.0373. The minimum absolute atomic E-state index is 0.00479. The average molecular weight is 779 g/mol. The highest BCUT2D eigenvalue weighted by Crippen LogP contribution is 2.20. The summed E-state index contributed by atoms with van der Waals surface area (Å²) in [6.45, 7) is 12.6. The van der Waals surface area contributed by atoms with E-state index in [1.54, 1.807) is 0 Å². The molecule has 0 saturated heterocycles. The van der Waals surface area contributed by atoms with E-state index in [1.807, 2.05) is 34.6 Å². The standard InChI is InChI=1S/C38H66O16/c1-7-13-32(39)49-20-18-44-28-30(47-22-24-51-34(41)15-9-3)37(46-12-6)38(54-27-26-53-36(43)17-11-5)31(48-23-25-52-35(42)16-10-4)29-45-19-21-50-33(40)14-8-2/h12,30-31,37-38H,6-11,13-29H2,1-5H3. The molecular weight excluding hydrogens is 712 g/mol. The molecule has 0 amide bonds. The molecule has 0 bridgehead atoms. The van der Waals surface area contributed by atoms with Crippen molar-refractivity contribution >= 4 is 29.8 Å². The van der Waals surface area contributed by atoms with Crippen molar-refractivity contribution in [2.45, 2.75) is 123 Å². The van der Waals surface area contributed by atoms with Gasteiger partial charge in [-0.3, -0.25) is 24.0 Å². The third kappa shape index (κ3) is 27.3. The van der Waals surface area contributed by atoms with Gasteiger partial charge in [-0.25, -0.2) is 0 Å². The van der Waals surface area contributed by atoms with Crippen molar-refractivity contribution in [3.05, 3.63) is 12.8 Å². The fourth-order valence-electron chi connectivity index (χ4n) is 4.64. The van der Waals surface area contributed by atoms with Gasteiger partial charge in [-0.15, -0.1) is 0 Å². The van der Waals surface area contributed by atoms with Gasteiger partial charge in [-0.1, -0.05) is 41.2 Å². The Morgan fingerprint density at radius 3 is 1.04 bits per heavy atom. The second kappa shape index (κ2) is 35.4. The Morgan fingerprint density at radius 1 is 0.426 bits per heavy atom. The third-order valence-corrected chi connectivity index (χ3v) is 7.14. The third-order valence-electron chi connectivity index (χ3n) is 7.14. The Morgan fingerprint density at radius 2 is 0.722 bits per heavy atom. The minimum Gasteiger partial charge on any atom is -0.493 e. The number of hydrogen-bond donors (Lipinski definition) is 0. The summed E-state index contributed by atoms with van der Waals surface area (Å²) in [7, 11) is 0. The van der Waals surface area contributed by atoms with Gasteiger partial charge in [0, 0.05) is 32.1 Å². The molecule has 16 heteroatoms. The predicted octanol–water partition coefficient (Wildman–Crippen LogP) is 4.42. The maximum absolute atomic E-state index is 12.1. The van der Waals surface area contributed by atoms with Gasteiger partial charge < -0.3 is 52.1 Å². The van der Waals surface area contributed by atoms with Crippen LogP contribution >= 0.6 is 0 Å². The van der Waals surface area contributed by atoms with E-state index in [1.165, 1.54) is 6.26 Å². The molecule has 0 heterocycles. The maximum atomic E-state index is 12.1. The Balaban J connectivity index is 6.33. The van der Waals surface area contributed by atoms with Crippen LogP contribution in [-0.4, -0.2) is 134 Å². The van der Waals surface area contributed by atoms with E-state index in [4.69, 9.17) is 52.1 Å². The van der Waals surface area contributed by atoms with Crippen molar-refractivity contribution in [2.75, 3.05) is 79.3 Å². The van der Waals surface area contributed by atoms with Gasteiger partial charge in [-0.05, 0) is 32.1 Å². The molecule has 4 atom stereocenters. The number of carbonyl (C=O) groups excluding carboxylic acids is 5. The first-order valence-electron chi connectivity index (χ1n) is 19.2.